The van der Waals surface area contributed by atoms with Gasteiger partial charge in [0.05, 0.1) is 0 Å². The third kappa shape index (κ3) is 0.971. The number of nitrogens with one attached hydrogen (secondary N) is 1. The first kappa shape index (κ1) is 7.09. The summed E-state index contributed by atoms with van der Waals surface area (Å²) in [5.74, 6) is 1.10. The number of hydrogen-bond donors (Lipinski definition) is 1. The fourth-order valence-electron chi connectivity index (χ4n) is 1.84. The molecule has 3 rings (SSSR count). The fraction of sp³-hybridized carbons (Fsp3) is 0.300. The summed E-state index contributed by atoms with van der Waals surface area (Å²) in [5, 5.41) is 4.49. The van der Waals surface area contributed by atoms with E-state index in [2.05, 4.69) is 16.4 Å². The van der Waals surface area contributed by atoms with Gasteiger partial charge < -0.3 is 9.73 Å². The van der Waals surface area contributed by atoms with Gasteiger partial charge in [-0.1, -0.05) is 0 Å². The van der Waals surface area contributed by atoms with Crippen molar-refractivity contribution < 1.29 is 4.42 Å². The minimum atomic E-state index is 0.774. The molecule has 0 fully saturated rings. The van der Waals surface area contributed by atoms with E-state index >= 15 is 0 Å². The van der Waals surface area contributed by atoms with Crippen molar-refractivity contribution in [1.82, 2.24) is 10.3 Å². The van der Waals surface area contributed by atoms with Crippen LogP contribution >= 0.6 is 0 Å². The van der Waals surface area contributed by atoms with Crippen LogP contribution in [0.2, 0.25) is 0 Å². The second-order valence-electron chi connectivity index (χ2n) is 3.29. The Morgan fingerprint density at radius 2 is 2.46 bits per heavy atom. The number of hydrogen-bond acceptors (Lipinski definition) is 3. The number of rotatable bonds is 0. The van der Waals surface area contributed by atoms with Gasteiger partial charge in [0.25, 0.3) is 0 Å². The summed E-state index contributed by atoms with van der Waals surface area (Å²) in [6.07, 6.45) is 2.75. The van der Waals surface area contributed by atoms with Gasteiger partial charge in [-0.05, 0) is 12.1 Å². The second kappa shape index (κ2) is 2.57. The van der Waals surface area contributed by atoms with Crippen LogP contribution < -0.4 is 5.32 Å². The number of fused-ring (bicyclic) bond motifs is 3. The molecule has 2 aromatic rings. The first-order valence-corrected chi connectivity index (χ1v) is 4.51. The topological polar surface area (TPSA) is 38.1 Å². The minimum absolute atomic E-state index is 0.774. The molecule has 0 radical (unpaired) electrons. The molecular formula is C10H10N2O. The lowest BCUT2D eigenvalue weighted by molar-refractivity contribution is 0.495. The van der Waals surface area contributed by atoms with Crippen molar-refractivity contribution in [3.05, 3.63) is 29.7 Å². The Hall–Kier alpha value is -1.35. The Morgan fingerprint density at radius 3 is 3.46 bits per heavy atom. The van der Waals surface area contributed by atoms with E-state index < -0.39 is 0 Å². The third-order valence-corrected chi connectivity index (χ3v) is 2.48. The molecule has 0 spiro atoms. The quantitative estimate of drug-likeness (QED) is 0.657. The monoisotopic (exact) mass is 174 g/mol. The Balaban J connectivity index is 2.34. The summed E-state index contributed by atoms with van der Waals surface area (Å²) < 4.78 is 5.64. The predicted molar refractivity (Wildman–Crippen MR) is 49.4 cm³/mol. The van der Waals surface area contributed by atoms with E-state index in [4.69, 9.17) is 4.42 Å². The molecule has 0 atom stereocenters. The highest BCUT2D eigenvalue weighted by atomic mass is 16.3. The van der Waals surface area contributed by atoms with Crippen molar-refractivity contribution in [2.75, 3.05) is 6.54 Å². The SMILES string of the molecule is c1cnc2oc3c(c2c1)CNCC3. The minimum Gasteiger partial charge on any atom is -0.442 e. The van der Waals surface area contributed by atoms with Gasteiger partial charge in [0, 0.05) is 36.7 Å². The highest BCUT2D eigenvalue weighted by molar-refractivity contribution is 5.78. The van der Waals surface area contributed by atoms with Gasteiger partial charge in [-0.2, -0.15) is 0 Å². The maximum atomic E-state index is 5.64. The molecule has 0 saturated carbocycles. The molecule has 1 aliphatic rings. The lowest BCUT2D eigenvalue weighted by Gasteiger charge is -2.10. The normalized spacial score (nSPS) is 16.0. The van der Waals surface area contributed by atoms with Gasteiger partial charge in [0.15, 0.2) is 0 Å². The molecule has 0 bridgehead atoms. The van der Waals surface area contributed by atoms with E-state index in [1.165, 1.54) is 5.56 Å². The van der Waals surface area contributed by atoms with Crippen molar-refractivity contribution >= 4 is 11.1 Å². The third-order valence-electron chi connectivity index (χ3n) is 2.48. The Labute approximate surface area is 75.8 Å². The van der Waals surface area contributed by atoms with Crippen LogP contribution in [-0.2, 0) is 13.0 Å². The van der Waals surface area contributed by atoms with Gasteiger partial charge in [-0.25, -0.2) is 4.98 Å². The van der Waals surface area contributed by atoms with Gasteiger partial charge >= 0.3 is 0 Å². The smallest absolute Gasteiger partial charge is 0.226 e. The van der Waals surface area contributed by atoms with Crippen molar-refractivity contribution in [2.24, 2.45) is 0 Å². The molecule has 2 aromatic heterocycles. The van der Waals surface area contributed by atoms with Crippen molar-refractivity contribution in [2.45, 2.75) is 13.0 Å². The molecule has 66 valence electrons. The lowest BCUT2D eigenvalue weighted by atomic mass is 10.1. The summed E-state index contributed by atoms with van der Waals surface area (Å²) >= 11 is 0. The lowest BCUT2D eigenvalue weighted by Crippen LogP contribution is -2.22. The van der Waals surface area contributed by atoms with Crippen molar-refractivity contribution in [3.8, 4) is 0 Å². The molecule has 1 aliphatic heterocycles. The van der Waals surface area contributed by atoms with Crippen LogP contribution in [0.1, 0.15) is 11.3 Å². The van der Waals surface area contributed by atoms with E-state index in [0.717, 1.165) is 36.4 Å². The van der Waals surface area contributed by atoms with Crippen LogP contribution in [0.3, 0.4) is 0 Å². The van der Waals surface area contributed by atoms with Gasteiger partial charge in [-0.15, -0.1) is 0 Å². The Kier molecular flexibility index (Phi) is 1.40. The van der Waals surface area contributed by atoms with Gasteiger partial charge in [0.1, 0.15) is 5.76 Å². The molecule has 1 N–H and O–H groups in total. The Morgan fingerprint density at radius 1 is 1.46 bits per heavy atom. The largest absolute Gasteiger partial charge is 0.442 e. The van der Waals surface area contributed by atoms with E-state index in [-0.39, 0.29) is 0 Å². The maximum absolute atomic E-state index is 5.64. The van der Waals surface area contributed by atoms with Crippen LogP contribution in [0.5, 0.6) is 0 Å². The van der Waals surface area contributed by atoms with E-state index in [1.54, 1.807) is 6.20 Å². The summed E-state index contributed by atoms with van der Waals surface area (Å²) in [5.41, 5.74) is 2.06. The molecule has 13 heavy (non-hydrogen) atoms. The molecule has 0 unspecified atom stereocenters. The summed E-state index contributed by atoms with van der Waals surface area (Å²) in [4.78, 5) is 4.19. The number of aromatic nitrogens is 1. The zero-order valence-electron chi connectivity index (χ0n) is 7.21. The average molecular weight is 174 g/mol. The predicted octanol–water partition coefficient (Wildman–Crippen LogP) is 1.47. The molecule has 0 aromatic carbocycles. The summed E-state index contributed by atoms with van der Waals surface area (Å²) in [6.45, 7) is 1.92. The van der Waals surface area contributed by atoms with Crippen LogP contribution in [0.25, 0.3) is 11.1 Å². The molecule has 3 nitrogen and oxygen atoms in total. The number of pyridine rings is 1. The maximum Gasteiger partial charge on any atom is 0.226 e. The molecule has 3 heterocycles. The van der Waals surface area contributed by atoms with Crippen molar-refractivity contribution in [3.63, 3.8) is 0 Å². The molecule has 0 aliphatic carbocycles. The zero-order chi connectivity index (χ0) is 8.67. The van der Waals surface area contributed by atoms with E-state index in [9.17, 15) is 0 Å². The standard InChI is InChI=1S/C10H10N2O/c1-2-7-8-6-11-5-3-9(8)13-10(7)12-4-1/h1-2,4,11H,3,5-6H2. The van der Waals surface area contributed by atoms with Crippen LogP contribution in [0.15, 0.2) is 22.7 Å². The average Bonchev–Trinajstić information content (AvgIpc) is 2.56. The zero-order valence-corrected chi connectivity index (χ0v) is 7.21. The van der Waals surface area contributed by atoms with E-state index in [0.29, 0.717) is 0 Å². The van der Waals surface area contributed by atoms with Crippen LogP contribution in [0, 0.1) is 0 Å². The first-order chi connectivity index (χ1) is 6.45. The number of nitrogens with zero attached hydrogens (tertiary/aromatic N) is 1. The van der Waals surface area contributed by atoms with Crippen LogP contribution in [0.4, 0.5) is 0 Å². The van der Waals surface area contributed by atoms with E-state index in [1.807, 2.05) is 6.07 Å². The van der Waals surface area contributed by atoms with Gasteiger partial charge in [0.2, 0.25) is 5.71 Å². The Bertz CT molecular complexity index is 447. The van der Waals surface area contributed by atoms with Gasteiger partial charge in [-0.3, -0.25) is 0 Å². The summed E-state index contributed by atoms with van der Waals surface area (Å²) in [6, 6.07) is 4.02. The fourth-order valence-corrected chi connectivity index (χ4v) is 1.84. The molecule has 0 saturated heterocycles. The molecular weight excluding hydrogens is 164 g/mol. The first-order valence-electron chi connectivity index (χ1n) is 4.51. The highest BCUT2D eigenvalue weighted by Gasteiger charge is 2.16. The van der Waals surface area contributed by atoms with Crippen LogP contribution in [-0.4, -0.2) is 11.5 Å². The molecule has 3 heteroatoms. The highest BCUT2D eigenvalue weighted by Crippen LogP contribution is 2.25. The van der Waals surface area contributed by atoms with Crippen molar-refractivity contribution in [1.29, 1.82) is 0 Å². The second-order valence-corrected chi connectivity index (χ2v) is 3.29. The summed E-state index contributed by atoms with van der Waals surface area (Å²) in [7, 11) is 0. The molecule has 0 amide bonds. The number of furan rings is 1.